The summed E-state index contributed by atoms with van der Waals surface area (Å²) in [5.74, 6) is -0.205. The van der Waals surface area contributed by atoms with Crippen LogP contribution in [0, 0.1) is 10.3 Å². The van der Waals surface area contributed by atoms with Crippen molar-refractivity contribution in [3.63, 3.8) is 0 Å². The number of carbonyl (C=O) groups excluding carboxylic acids is 1. The van der Waals surface area contributed by atoms with Crippen LogP contribution in [-0.4, -0.2) is 19.2 Å². The van der Waals surface area contributed by atoms with E-state index in [1.807, 2.05) is 13.8 Å². The number of rotatable bonds is 5. The molecule has 0 fully saturated rings. The summed E-state index contributed by atoms with van der Waals surface area (Å²) in [6, 6.07) is 0. The molecule has 0 aromatic heterocycles. The third kappa shape index (κ3) is 3.29. The predicted octanol–water partition coefficient (Wildman–Crippen LogP) is 2.10. The van der Waals surface area contributed by atoms with Crippen LogP contribution in [0.3, 0.4) is 0 Å². The molecule has 0 spiro atoms. The summed E-state index contributed by atoms with van der Waals surface area (Å²) >= 11 is 0. The molecule has 0 saturated carbocycles. The van der Waals surface area contributed by atoms with Gasteiger partial charge >= 0.3 is 0 Å². The third-order valence-corrected chi connectivity index (χ3v) is 2.34. The maximum absolute atomic E-state index is 11.2. The van der Waals surface area contributed by atoms with Crippen molar-refractivity contribution < 1.29 is 4.79 Å². The van der Waals surface area contributed by atoms with Crippen molar-refractivity contribution in [2.45, 2.75) is 46.0 Å². The van der Waals surface area contributed by atoms with Gasteiger partial charge in [-0.05, 0) is 25.7 Å². The maximum atomic E-state index is 11.2. The van der Waals surface area contributed by atoms with E-state index in [-0.39, 0.29) is 11.2 Å². The quantitative estimate of drug-likeness (QED) is 0.481. The minimum Gasteiger partial charge on any atom is -0.297 e. The molecule has 2 radical (unpaired) electrons. The number of Topliss-reactive ketones (excluding diaryl/α,β-unsaturated/α-hetero) is 1. The fourth-order valence-corrected chi connectivity index (χ4v) is 1.23. The second-order valence-electron chi connectivity index (χ2n) is 4.47. The summed E-state index contributed by atoms with van der Waals surface area (Å²) < 4.78 is 0. The Labute approximate surface area is 80.7 Å². The zero-order chi connectivity index (χ0) is 10.7. The Morgan fingerprint density at radius 2 is 1.85 bits per heavy atom. The fraction of sp³-hybridized carbons (Fsp3) is 0.889. The van der Waals surface area contributed by atoms with E-state index in [1.165, 1.54) is 6.92 Å². The molecule has 1 unspecified atom stereocenters. The Hall–Kier alpha value is -0.665. The monoisotopic (exact) mass is 181 g/mol. The summed E-state index contributed by atoms with van der Waals surface area (Å²) in [5.41, 5.74) is -1.35. The van der Waals surface area contributed by atoms with Crippen LogP contribution in [0.4, 0.5) is 0 Å². The molecule has 1 atom stereocenters. The van der Waals surface area contributed by atoms with Crippen LogP contribution < -0.4 is 0 Å². The molecule has 0 bridgehead atoms. The molecule has 0 aliphatic heterocycles. The average Bonchev–Trinajstić information content (AvgIpc) is 2.03. The second kappa shape index (κ2) is 4.03. The van der Waals surface area contributed by atoms with Gasteiger partial charge in [0.2, 0.25) is 0 Å². The molecule has 0 rings (SSSR count). The number of nitrogens with zero attached hydrogens (tertiary/aromatic N) is 1. The Balaban J connectivity index is 4.63. The van der Waals surface area contributed by atoms with Crippen molar-refractivity contribution in [1.82, 2.24) is 0 Å². The first-order chi connectivity index (χ1) is 5.77. The van der Waals surface area contributed by atoms with E-state index in [0.717, 1.165) is 0 Å². The highest BCUT2D eigenvalue weighted by Crippen LogP contribution is 2.33. The molecule has 0 aliphatic carbocycles. The van der Waals surface area contributed by atoms with Crippen LogP contribution in [0.2, 0.25) is 6.32 Å². The lowest BCUT2D eigenvalue weighted by Crippen LogP contribution is -2.36. The van der Waals surface area contributed by atoms with Crippen LogP contribution in [0.5, 0.6) is 0 Å². The minimum atomic E-state index is -1.12. The van der Waals surface area contributed by atoms with E-state index < -0.39 is 5.54 Å². The molecule has 0 amide bonds. The molecule has 0 heterocycles. The number of ketones is 1. The Morgan fingerprint density at radius 3 is 2.08 bits per heavy atom. The van der Waals surface area contributed by atoms with E-state index in [0.29, 0.717) is 12.7 Å². The Morgan fingerprint density at radius 1 is 1.38 bits per heavy atom. The SMILES string of the molecule is [B]CC(C)(C)CC(C)(N=O)C(C)=O. The first kappa shape index (κ1) is 12.3. The summed E-state index contributed by atoms with van der Waals surface area (Å²) in [7, 11) is 5.51. The highest BCUT2D eigenvalue weighted by Gasteiger charge is 2.36. The molecule has 0 aromatic rings. The average molecular weight is 181 g/mol. The van der Waals surface area contributed by atoms with Gasteiger partial charge in [0.15, 0.2) is 11.3 Å². The number of carbonyl (C=O) groups is 1. The molecule has 0 aromatic carbocycles. The molecule has 0 N–H and O–H groups in total. The zero-order valence-corrected chi connectivity index (χ0v) is 8.76. The van der Waals surface area contributed by atoms with Crippen LogP contribution in [-0.2, 0) is 4.79 Å². The van der Waals surface area contributed by atoms with Gasteiger partial charge < -0.3 is 0 Å². The van der Waals surface area contributed by atoms with Gasteiger partial charge in [-0.3, -0.25) is 4.79 Å². The van der Waals surface area contributed by atoms with E-state index in [4.69, 9.17) is 7.85 Å². The molecule has 72 valence electrons. The molecular weight excluding hydrogens is 165 g/mol. The highest BCUT2D eigenvalue weighted by molar-refractivity contribution is 6.09. The molecular formula is C9H16BNO2. The normalized spacial score (nSPS) is 16.3. The Kier molecular flexibility index (Phi) is 3.82. The van der Waals surface area contributed by atoms with Crippen LogP contribution in [0.1, 0.15) is 34.1 Å². The lowest BCUT2D eigenvalue weighted by molar-refractivity contribution is -0.122. The minimum absolute atomic E-state index is 0.205. The van der Waals surface area contributed by atoms with Gasteiger partial charge in [0.05, 0.1) is 7.85 Å². The first-order valence-electron chi connectivity index (χ1n) is 4.33. The molecule has 3 nitrogen and oxygen atoms in total. The summed E-state index contributed by atoms with van der Waals surface area (Å²) in [6.45, 7) is 6.77. The van der Waals surface area contributed by atoms with E-state index >= 15 is 0 Å². The van der Waals surface area contributed by atoms with Gasteiger partial charge in [0.25, 0.3) is 0 Å². The summed E-state index contributed by atoms with van der Waals surface area (Å²) in [4.78, 5) is 21.7. The maximum Gasteiger partial charge on any atom is 0.160 e. The van der Waals surface area contributed by atoms with Crippen LogP contribution >= 0.6 is 0 Å². The number of hydrogen-bond acceptors (Lipinski definition) is 3. The number of hydrogen-bond donors (Lipinski definition) is 0. The number of nitroso groups, excluding NO2 is 1. The predicted molar refractivity (Wildman–Crippen MR) is 53.8 cm³/mol. The first-order valence-corrected chi connectivity index (χ1v) is 4.33. The van der Waals surface area contributed by atoms with E-state index in [2.05, 4.69) is 5.18 Å². The van der Waals surface area contributed by atoms with Crippen molar-refractivity contribution in [2.75, 3.05) is 0 Å². The lowest BCUT2D eigenvalue weighted by Gasteiger charge is -2.30. The molecule has 0 aliphatic rings. The van der Waals surface area contributed by atoms with Gasteiger partial charge in [-0.25, -0.2) is 0 Å². The third-order valence-electron chi connectivity index (χ3n) is 2.34. The van der Waals surface area contributed by atoms with Crippen molar-refractivity contribution in [3.8, 4) is 0 Å². The highest BCUT2D eigenvalue weighted by atomic mass is 16.3. The van der Waals surface area contributed by atoms with Gasteiger partial charge in [0, 0.05) is 0 Å². The molecule has 0 saturated heterocycles. The van der Waals surface area contributed by atoms with Gasteiger partial charge in [-0.1, -0.05) is 25.3 Å². The van der Waals surface area contributed by atoms with Gasteiger partial charge in [-0.2, -0.15) is 0 Å². The Bertz CT molecular complexity index is 216. The topological polar surface area (TPSA) is 46.5 Å². The summed E-state index contributed by atoms with van der Waals surface area (Å²) in [5, 5.41) is 2.90. The zero-order valence-electron chi connectivity index (χ0n) is 8.76. The van der Waals surface area contributed by atoms with Crippen molar-refractivity contribution in [2.24, 2.45) is 10.6 Å². The van der Waals surface area contributed by atoms with Crippen LogP contribution in [0.25, 0.3) is 0 Å². The lowest BCUT2D eigenvalue weighted by atomic mass is 9.71. The van der Waals surface area contributed by atoms with Crippen molar-refractivity contribution in [3.05, 3.63) is 4.91 Å². The smallest absolute Gasteiger partial charge is 0.160 e. The van der Waals surface area contributed by atoms with Gasteiger partial charge in [-0.15, -0.1) is 4.91 Å². The molecule has 4 heteroatoms. The van der Waals surface area contributed by atoms with Crippen molar-refractivity contribution >= 4 is 13.6 Å². The van der Waals surface area contributed by atoms with E-state index in [9.17, 15) is 9.70 Å². The fourth-order valence-electron chi connectivity index (χ4n) is 1.23. The second-order valence-corrected chi connectivity index (χ2v) is 4.47. The van der Waals surface area contributed by atoms with Crippen LogP contribution in [0.15, 0.2) is 5.18 Å². The van der Waals surface area contributed by atoms with E-state index in [1.54, 1.807) is 6.92 Å². The summed E-state index contributed by atoms with van der Waals surface area (Å²) in [6.07, 6.45) is 0.834. The molecule has 13 heavy (non-hydrogen) atoms. The largest absolute Gasteiger partial charge is 0.297 e. The standard InChI is InChI=1S/C9H16BNO2/c1-7(12)9(4,11-13)5-8(2,3)6-10/h5-6H2,1-4H3. The van der Waals surface area contributed by atoms with Crippen molar-refractivity contribution in [1.29, 1.82) is 0 Å². The van der Waals surface area contributed by atoms with Gasteiger partial charge in [0.1, 0.15) is 0 Å².